The molecule has 0 aromatic heterocycles. The van der Waals surface area contributed by atoms with Gasteiger partial charge in [0.25, 0.3) is 0 Å². The summed E-state index contributed by atoms with van der Waals surface area (Å²) in [5.41, 5.74) is 0. The molecule has 0 bridgehead atoms. The van der Waals surface area contributed by atoms with E-state index in [2.05, 4.69) is 10.2 Å². The molecule has 0 aliphatic carbocycles. The predicted molar refractivity (Wildman–Crippen MR) is 77.7 cm³/mol. The minimum absolute atomic E-state index is 0. The van der Waals surface area contributed by atoms with Gasteiger partial charge in [-0.1, -0.05) is 6.07 Å². The molecule has 0 spiro atoms. The Labute approximate surface area is 120 Å². The SMILES string of the molecule is CNC1CCCN(CCOc2cccc(F)c2)C1.Cl. The normalized spacial score (nSPS) is 19.8. The van der Waals surface area contributed by atoms with Crippen molar-refractivity contribution in [2.45, 2.75) is 18.9 Å². The Morgan fingerprint density at radius 2 is 2.32 bits per heavy atom. The van der Waals surface area contributed by atoms with Crippen molar-refractivity contribution in [2.24, 2.45) is 0 Å². The monoisotopic (exact) mass is 288 g/mol. The molecule has 1 atom stereocenters. The highest BCUT2D eigenvalue weighted by Crippen LogP contribution is 2.13. The maximum absolute atomic E-state index is 12.9. The molecule has 108 valence electrons. The van der Waals surface area contributed by atoms with Crippen LogP contribution in [-0.2, 0) is 0 Å². The van der Waals surface area contributed by atoms with E-state index < -0.39 is 0 Å². The van der Waals surface area contributed by atoms with Gasteiger partial charge in [-0.05, 0) is 38.6 Å². The fraction of sp³-hybridized carbons (Fsp3) is 0.571. The summed E-state index contributed by atoms with van der Waals surface area (Å²) in [6.07, 6.45) is 2.48. The smallest absolute Gasteiger partial charge is 0.126 e. The molecular formula is C14H22ClFN2O. The molecule has 1 fully saturated rings. The van der Waals surface area contributed by atoms with Gasteiger partial charge >= 0.3 is 0 Å². The van der Waals surface area contributed by atoms with E-state index in [0.29, 0.717) is 18.4 Å². The van der Waals surface area contributed by atoms with Crippen LogP contribution in [0.15, 0.2) is 24.3 Å². The van der Waals surface area contributed by atoms with Crippen LogP contribution in [0.25, 0.3) is 0 Å². The Balaban J connectivity index is 0.00000180. The van der Waals surface area contributed by atoms with E-state index >= 15 is 0 Å². The summed E-state index contributed by atoms with van der Waals surface area (Å²) in [6.45, 7) is 3.71. The zero-order chi connectivity index (χ0) is 12.8. The van der Waals surface area contributed by atoms with Crippen LogP contribution in [0.1, 0.15) is 12.8 Å². The second-order valence-corrected chi connectivity index (χ2v) is 4.73. The summed E-state index contributed by atoms with van der Waals surface area (Å²) in [6, 6.07) is 6.90. The number of nitrogens with zero attached hydrogens (tertiary/aromatic N) is 1. The predicted octanol–water partition coefficient (Wildman–Crippen LogP) is 2.31. The number of nitrogens with one attached hydrogen (secondary N) is 1. The molecule has 2 rings (SSSR count). The Morgan fingerprint density at radius 1 is 1.47 bits per heavy atom. The molecule has 1 saturated heterocycles. The van der Waals surface area contributed by atoms with Crippen molar-refractivity contribution >= 4 is 12.4 Å². The topological polar surface area (TPSA) is 24.5 Å². The second-order valence-electron chi connectivity index (χ2n) is 4.73. The van der Waals surface area contributed by atoms with Gasteiger partial charge in [0.15, 0.2) is 0 Å². The van der Waals surface area contributed by atoms with Crippen molar-refractivity contribution in [2.75, 3.05) is 33.3 Å². The second kappa shape index (κ2) is 8.35. The average molecular weight is 289 g/mol. The first kappa shape index (κ1) is 16.2. The van der Waals surface area contributed by atoms with Crippen LogP contribution in [0.2, 0.25) is 0 Å². The lowest BCUT2D eigenvalue weighted by Crippen LogP contribution is -2.45. The van der Waals surface area contributed by atoms with Gasteiger partial charge in [-0.2, -0.15) is 0 Å². The number of piperidine rings is 1. The van der Waals surface area contributed by atoms with Gasteiger partial charge in [-0.3, -0.25) is 4.90 Å². The Kier molecular flexibility index (Phi) is 7.13. The number of hydrogen-bond donors (Lipinski definition) is 1. The summed E-state index contributed by atoms with van der Waals surface area (Å²) in [5.74, 6) is 0.359. The van der Waals surface area contributed by atoms with Crippen molar-refractivity contribution in [1.29, 1.82) is 0 Å². The van der Waals surface area contributed by atoms with E-state index in [4.69, 9.17) is 4.74 Å². The van der Waals surface area contributed by atoms with Gasteiger partial charge in [0.05, 0.1) is 0 Å². The summed E-state index contributed by atoms with van der Waals surface area (Å²) < 4.78 is 18.5. The molecule has 5 heteroatoms. The summed E-state index contributed by atoms with van der Waals surface area (Å²) in [7, 11) is 2.01. The molecule has 19 heavy (non-hydrogen) atoms. The third kappa shape index (κ3) is 5.35. The van der Waals surface area contributed by atoms with E-state index in [0.717, 1.165) is 19.6 Å². The first-order valence-corrected chi connectivity index (χ1v) is 6.56. The summed E-state index contributed by atoms with van der Waals surface area (Å²) in [4.78, 5) is 2.39. The highest BCUT2D eigenvalue weighted by molar-refractivity contribution is 5.85. The third-order valence-electron chi connectivity index (χ3n) is 3.39. The van der Waals surface area contributed by atoms with Crippen LogP contribution < -0.4 is 10.1 Å². The standard InChI is InChI=1S/C14H21FN2O.ClH/c1-16-13-5-3-7-17(11-13)8-9-18-14-6-2-4-12(15)10-14;/h2,4,6,10,13,16H,3,5,7-9,11H2,1H3;1H. The Morgan fingerprint density at radius 3 is 3.05 bits per heavy atom. The van der Waals surface area contributed by atoms with Gasteiger partial charge in [0.2, 0.25) is 0 Å². The molecule has 1 unspecified atom stereocenters. The Hall–Kier alpha value is -0.840. The molecule has 1 aromatic carbocycles. The molecular weight excluding hydrogens is 267 g/mol. The van der Waals surface area contributed by atoms with Crippen molar-refractivity contribution in [3.05, 3.63) is 30.1 Å². The van der Waals surface area contributed by atoms with Crippen LogP contribution in [0.5, 0.6) is 5.75 Å². The first-order valence-electron chi connectivity index (χ1n) is 6.56. The van der Waals surface area contributed by atoms with Crippen LogP contribution in [-0.4, -0.2) is 44.2 Å². The zero-order valence-corrected chi connectivity index (χ0v) is 12.1. The summed E-state index contributed by atoms with van der Waals surface area (Å²) >= 11 is 0. The number of likely N-dealkylation sites (tertiary alicyclic amines) is 1. The molecule has 1 aliphatic heterocycles. The zero-order valence-electron chi connectivity index (χ0n) is 11.3. The van der Waals surface area contributed by atoms with Gasteiger partial charge in [0, 0.05) is 25.2 Å². The molecule has 0 saturated carbocycles. The number of hydrogen-bond acceptors (Lipinski definition) is 3. The van der Waals surface area contributed by atoms with Gasteiger partial charge < -0.3 is 10.1 Å². The quantitative estimate of drug-likeness (QED) is 0.900. The average Bonchev–Trinajstić information content (AvgIpc) is 2.39. The lowest BCUT2D eigenvalue weighted by atomic mass is 10.1. The number of ether oxygens (including phenoxy) is 1. The highest BCUT2D eigenvalue weighted by atomic mass is 35.5. The minimum atomic E-state index is -0.249. The maximum Gasteiger partial charge on any atom is 0.126 e. The minimum Gasteiger partial charge on any atom is -0.492 e. The van der Waals surface area contributed by atoms with Crippen LogP contribution in [0.3, 0.4) is 0 Å². The molecule has 3 nitrogen and oxygen atoms in total. The van der Waals surface area contributed by atoms with E-state index in [1.165, 1.54) is 25.0 Å². The molecule has 0 amide bonds. The lowest BCUT2D eigenvalue weighted by Gasteiger charge is -2.32. The van der Waals surface area contributed by atoms with E-state index in [-0.39, 0.29) is 18.2 Å². The van der Waals surface area contributed by atoms with Crippen LogP contribution >= 0.6 is 12.4 Å². The van der Waals surface area contributed by atoms with Gasteiger partial charge in [-0.25, -0.2) is 4.39 Å². The first-order chi connectivity index (χ1) is 8.78. The highest BCUT2D eigenvalue weighted by Gasteiger charge is 2.17. The van der Waals surface area contributed by atoms with E-state index in [9.17, 15) is 4.39 Å². The van der Waals surface area contributed by atoms with Crippen LogP contribution in [0, 0.1) is 5.82 Å². The molecule has 1 aromatic rings. The van der Waals surface area contributed by atoms with Gasteiger partial charge in [-0.15, -0.1) is 12.4 Å². The number of benzene rings is 1. The molecule has 1 aliphatic rings. The molecule has 0 radical (unpaired) electrons. The van der Waals surface area contributed by atoms with Crippen LogP contribution in [0.4, 0.5) is 4.39 Å². The maximum atomic E-state index is 12.9. The fourth-order valence-corrected chi connectivity index (χ4v) is 2.34. The third-order valence-corrected chi connectivity index (χ3v) is 3.39. The van der Waals surface area contributed by atoms with E-state index in [1.54, 1.807) is 12.1 Å². The summed E-state index contributed by atoms with van der Waals surface area (Å²) in [5, 5.41) is 3.32. The largest absolute Gasteiger partial charge is 0.492 e. The van der Waals surface area contributed by atoms with Crippen molar-refractivity contribution < 1.29 is 9.13 Å². The Bertz CT molecular complexity index is 378. The van der Waals surface area contributed by atoms with E-state index in [1.807, 2.05) is 7.05 Å². The number of likely N-dealkylation sites (N-methyl/N-ethyl adjacent to an activating group) is 1. The number of halogens is 2. The molecule has 1 heterocycles. The number of rotatable bonds is 5. The lowest BCUT2D eigenvalue weighted by molar-refractivity contribution is 0.162. The van der Waals surface area contributed by atoms with Gasteiger partial charge in [0.1, 0.15) is 18.2 Å². The van der Waals surface area contributed by atoms with Crippen molar-refractivity contribution in [3.63, 3.8) is 0 Å². The van der Waals surface area contributed by atoms with Crippen molar-refractivity contribution in [1.82, 2.24) is 10.2 Å². The van der Waals surface area contributed by atoms with Crippen molar-refractivity contribution in [3.8, 4) is 5.75 Å². The molecule has 1 N–H and O–H groups in total. The fourth-order valence-electron chi connectivity index (χ4n) is 2.34.